The normalized spacial score (nSPS) is 17.3. The summed E-state index contributed by atoms with van der Waals surface area (Å²) in [5.41, 5.74) is 7.48. The van der Waals surface area contributed by atoms with Crippen molar-refractivity contribution in [3.8, 4) is 0 Å². The third kappa shape index (κ3) is 3.08. The highest BCUT2D eigenvalue weighted by molar-refractivity contribution is 9.10. The second-order valence-electron chi connectivity index (χ2n) is 4.65. The van der Waals surface area contributed by atoms with Crippen molar-refractivity contribution in [1.29, 1.82) is 0 Å². The number of hydrogen-bond donors (Lipinski definition) is 1. The predicted molar refractivity (Wildman–Crippen MR) is 79.2 cm³/mol. The van der Waals surface area contributed by atoms with Gasteiger partial charge in [-0.25, -0.2) is 8.42 Å². The van der Waals surface area contributed by atoms with Crippen LogP contribution >= 0.6 is 15.9 Å². The van der Waals surface area contributed by atoms with Crippen molar-refractivity contribution in [2.45, 2.75) is 24.8 Å². The van der Waals surface area contributed by atoms with E-state index in [9.17, 15) is 8.42 Å². The molecule has 0 saturated heterocycles. The number of nitrogens with zero attached hydrogens (tertiary/aromatic N) is 1. The smallest absolute Gasteiger partial charge is 0.244 e. The molecule has 0 atom stereocenters. The standard InChI is InChI=1S/C13H17BrN2O2S/c1-10-3-2-6-16(9-10)19(17,18)13-7-11(8-15)4-5-12(13)14/h3-5,7H,2,6,8-9,15H2,1H3. The first kappa shape index (κ1) is 14.7. The van der Waals surface area contributed by atoms with E-state index in [4.69, 9.17) is 5.73 Å². The Balaban J connectivity index is 2.42. The molecule has 1 aromatic rings. The van der Waals surface area contributed by atoms with Crippen LogP contribution in [0.4, 0.5) is 0 Å². The zero-order chi connectivity index (χ0) is 14.0. The molecule has 6 heteroatoms. The molecule has 0 unspecified atom stereocenters. The Morgan fingerprint density at radius 1 is 1.42 bits per heavy atom. The molecule has 0 spiro atoms. The van der Waals surface area contributed by atoms with E-state index in [0.29, 0.717) is 29.0 Å². The lowest BCUT2D eigenvalue weighted by Crippen LogP contribution is -2.35. The third-order valence-corrected chi connectivity index (χ3v) is 5.99. The van der Waals surface area contributed by atoms with Gasteiger partial charge in [0.1, 0.15) is 0 Å². The Kier molecular flexibility index (Phi) is 4.45. The highest BCUT2D eigenvalue weighted by Crippen LogP contribution is 2.28. The van der Waals surface area contributed by atoms with Crippen LogP contribution < -0.4 is 5.73 Å². The number of nitrogens with two attached hydrogens (primary N) is 1. The van der Waals surface area contributed by atoms with Gasteiger partial charge in [-0.15, -0.1) is 0 Å². The van der Waals surface area contributed by atoms with Crippen molar-refractivity contribution < 1.29 is 8.42 Å². The first-order valence-corrected chi connectivity index (χ1v) is 8.32. The highest BCUT2D eigenvalue weighted by Gasteiger charge is 2.27. The summed E-state index contributed by atoms with van der Waals surface area (Å²) in [6, 6.07) is 5.21. The van der Waals surface area contributed by atoms with E-state index in [1.54, 1.807) is 12.1 Å². The zero-order valence-corrected chi connectivity index (χ0v) is 13.2. The van der Waals surface area contributed by atoms with E-state index in [2.05, 4.69) is 22.0 Å². The van der Waals surface area contributed by atoms with E-state index in [1.165, 1.54) is 4.31 Å². The second-order valence-corrected chi connectivity index (χ2v) is 7.41. The Hall–Kier alpha value is -0.690. The number of benzene rings is 1. The van der Waals surface area contributed by atoms with Gasteiger partial charge in [0.25, 0.3) is 0 Å². The van der Waals surface area contributed by atoms with Gasteiger partial charge in [-0.05, 0) is 47.0 Å². The maximum absolute atomic E-state index is 12.6. The molecule has 2 N–H and O–H groups in total. The van der Waals surface area contributed by atoms with E-state index >= 15 is 0 Å². The van der Waals surface area contributed by atoms with Crippen LogP contribution in [-0.2, 0) is 16.6 Å². The lowest BCUT2D eigenvalue weighted by Gasteiger charge is -2.26. The van der Waals surface area contributed by atoms with Crippen molar-refractivity contribution in [2.75, 3.05) is 13.1 Å². The van der Waals surface area contributed by atoms with Gasteiger partial charge in [0.15, 0.2) is 0 Å². The lowest BCUT2D eigenvalue weighted by atomic mass is 10.2. The molecule has 0 aliphatic carbocycles. The molecular formula is C13H17BrN2O2S. The summed E-state index contributed by atoms with van der Waals surface area (Å²) < 4.78 is 27.4. The summed E-state index contributed by atoms with van der Waals surface area (Å²) in [5.74, 6) is 0. The Labute approximate surface area is 122 Å². The fraction of sp³-hybridized carbons (Fsp3) is 0.385. The van der Waals surface area contributed by atoms with Crippen molar-refractivity contribution >= 4 is 26.0 Å². The lowest BCUT2D eigenvalue weighted by molar-refractivity contribution is 0.427. The van der Waals surface area contributed by atoms with E-state index in [1.807, 2.05) is 13.0 Å². The molecule has 0 bridgehead atoms. The van der Waals surface area contributed by atoms with Crippen molar-refractivity contribution in [2.24, 2.45) is 5.73 Å². The highest BCUT2D eigenvalue weighted by atomic mass is 79.9. The van der Waals surface area contributed by atoms with Gasteiger partial charge in [0, 0.05) is 24.1 Å². The first-order valence-electron chi connectivity index (χ1n) is 6.09. The first-order chi connectivity index (χ1) is 8.95. The minimum Gasteiger partial charge on any atom is -0.326 e. The summed E-state index contributed by atoms with van der Waals surface area (Å²) in [5, 5.41) is 0. The van der Waals surface area contributed by atoms with Crippen LogP contribution in [0.25, 0.3) is 0 Å². The van der Waals surface area contributed by atoms with Crippen LogP contribution in [0, 0.1) is 0 Å². The summed E-state index contributed by atoms with van der Waals surface area (Å²) in [7, 11) is -3.47. The topological polar surface area (TPSA) is 63.4 Å². The summed E-state index contributed by atoms with van der Waals surface area (Å²) in [6.45, 7) is 3.27. The average molecular weight is 345 g/mol. The van der Waals surface area contributed by atoms with Crippen LogP contribution in [0.15, 0.2) is 39.2 Å². The Morgan fingerprint density at radius 2 is 2.16 bits per heavy atom. The molecule has 19 heavy (non-hydrogen) atoms. The third-order valence-electron chi connectivity index (χ3n) is 3.15. The van der Waals surface area contributed by atoms with Gasteiger partial charge in [0.05, 0.1) is 4.90 Å². The van der Waals surface area contributed by atoms with Gasteiger partial charge in [-0.2, -0.15) is 4.31 Å². The fourth-order valence-electron chi connectivity index (χ4n) is 2.09. The van der Waals surface area contributed by atoms with Gasteiger partial charge in [0.2, 0.25) is 10.0 Å². The fourth-order valence-corrected chi connectivity index (χ4v) is 4.57. The molecule has 1 aliphatic rings. The molecule has 104 valence electrons. The largest absolute Gasteiger partial charge is 0.326 e. The van der Waals surface area contributed by atoms with Crippen molar-refractivity contribution in [3.63, 3.8) is 0 Å². The maximum atomic E-state index is 12.6. The van der Waals surface area contributed by atoms with E-state index in [-0.39, 0.29) is 0 Å². The summed E-state index contributed by atoms with van der Waals surface area (Å²) >= 11 is 3.32. The van der Waals surface area contributed by atoms with Crippen LogP contribution in [0.3, 0.4) is 0 Å². The van der Waals surface area contributed by atoms with E-state index in [0.717, 1.165) is 17.6 Å². The van der Waals surface area contributed by atoms with Crippen molar-refractivity contribution in [3.05, 3.63) is 39.9 Å². The number of hydrogen-bond acceptors (Lipinski definition) is 3. The molecule has 1 heterocycles. The number of rotatable bonds is 3. The van der Waals surface area contributed by atoms with E-state index < -0.39 is 10.0 Å². The minimum atomic E-state index is -3.47. The van der Waals surface area contributed by atoms with Crippen LogP contribution in [0.2, 0.25) is 0 Å². The predicted octanol–water partition coefficient (Wildman–Crippen LogP) is 2.25. The molecule has 1 aromatic carbocycles. The number of sulfonamides is 1. The monoisotopic (exact) mass is 344 g/mol. The average Bonchev–Trinajstić information content (AvgIpc) is 2.39. The second kappa shape index (κ2) is 5.75. The molecule has 0 aromatic heterocycles. The summed E-state index contributed by atoms with van der Waals surface area (Å²) in [4.78, 5) is 0.296. The Bertz CT molecular complexity index is 611. The quantitative estimate of drug-likeness (QED) is 0.855. The molecule has 0 fully saturated rings. The van der Waals surface area contributed by atoms with Gasteiger partial charge in [-0.1, -0.05) is 17.7 Å². The molecular weight excluding hydrogens is 328 g/mol. The molecule has 2 rings (SSSR count). The van der Waals surface area contributed by atoms with Crippen LogP contribution in [0.5, 0.6) is 0 Å². The Morgan fingerprint density at radius 3 is 2.79 bits per heavy atom. The molecule has 0 saturated carbocycles. The minimum absolute atomic E-state index is 0.296. The van der Waals surface area contributed by atoms with Gasteiger partial charge in [-0.3, -0.25) is 0 Å². The van der Waals surface area contributed by atoms with Crippen molar-refractivity contribution in [1.82, 2.24) is 4.31 Å². The molecule has 1 aliphatic heterocycles. The molecule has 4 nitrogen and oxygen atoms in total. The molecule has 0 amide bonds. The molecule has 0 radical (unpaired) electrons. The number of halogens is 1. The van der Waals surface area contributed by atoms with Crippen LogP contribution in [0.1, 0.15) is 18.9 Å². The SMILES string of the molecule is CC1=CCCN(S(=O)(=O)c2cc(CN)ccc2Br)C1. The van der Waals surface area contributed by atoms with Gasteiger partial charge >= 0.3 is 0 Å². The summed E-state index contributed by atoms with van der Waals surface area (Å²) in [6.07, 6.45) is 2.84. The van der Waals surface area contributed by atoms with Crippen LogP contribution in [-0.4, -0.2) is 25.8 Å². The van der Waals surface area contributed by atoms with Gasteiger partial charge < -0.3 is 5.73 Å². The maximum Gasteiger partial charge on any atom is 0.244 e. The zero-order valence-electron chi connectivity index (χ0n) is 10.8.